The second kappa shape index (κ2) is 5.72. The molecule has 2 nitrogen and oxygen atoms in total. The van der Waals surface area contributed by atoms with Crippen molar-refractivity contribution in [3.63, 3.8) is 0 Å². The number of rotatable bonds is 2. The van der Waals surface area contributed by atoms with Gasteiger partial charge in [-0.1, -0.05) is 46.3 Å². The molecule has 1 aliphatic carbocycles. The molecule has 0 saturated carbocycles. The third-order valence-corrected chi connectivity index (χ3v) is 5.68. The molecule has 1 heterocycles. The average Bonchev–Trinajstić information content (AvgIpc) is 3.04. The van der Waals surface area contributed by atoms with Gasteiger partial charge in [0.1, 0.15) is 5.75 Å². The fraction of sp³-hybridized carbons (Fsp3) is 0.300. The molecule has 2 aromatic rings. The van der Waals surface area contributed by atoms with Crippen LogP contribution in [0.2, 0.25) is 0 Å². The molecule has 3 heteroatoms. The topological polar surface area (TPSA) is 21.3 Å². The number of hydrogen-bond donors (Lipinski definition) is 1. The van der Waals surface area contributed by atoms with Crippen LogP contribution in [0.1, 0.15) is 35.1 Å². The van der Waals surface area contributed by atoms with Crippen molar-refractivity contribution < 1.29 is 4.74 Å². The van der Waals surface area contributed by atoms with E-state index in [9.17, 15) is 0 Å². The van der Waals surface area contributed by atoms with Crippen LogP contribution >= 0.6 is 15.9 Å². The maximum Gasteiger partial charge on any atom is 0.142 e. The van der Waals surface area contributed by atoms with Crippen LogP contribution < -0.4 is 10.1 Å². The number of methoxy groups -OCH3 is 1. The van der Waals surface area contributed by atoms with Gasteiger partial charge in [0.2, 0.25) is 0 Å². The quantitative estimate of drug-likeness (QED) is 0.696. The van der Waals surface area contributed by atoms with Crippen LogP contribution in [0.15, 0.2) is 53.0 Å². The van der Waals surface area contributed by atoms with Crippen LogP contribution in [0.4, 0.5) is 5.69 Å². The highest BCUT2D eigenvalue weighted by Crippen LogP contribution is 2.53. The van der Waals surface area contributed by atoms with Crippen molar-refractivity contribution in [3.05, 3.63) is 69.7 Å². The fourth-order valence-electron chi connectivity index (χ4n) is 4.04. The molecule has 23 heavy (non-hydrogen) atoms. The van der Waals surface area contributed by atoms with Gasteiger partial charge in [0, 0.05) is 10.4 Å². The summed E-state index contributed by atoms with van der Waals surface area (Å²) in [5, 5.41) is 3.78. The maximum atomic E-state index is 5.63. The first-order chi connectivity index (χ1) is 11.2. The van der Waals surface area contributed by atoms with E-state index in [1.165, 1.54) is 16.7 Å². The second-order valence-electron chi connectivity index (χ2n) is 6.40. The minimum atomic E-state index is 0.311. The van der Waals surface area contributed by atoms with Crippen LogP contribution in [-0.2, 0) is 0 Å². The molecule has 3 atom stereocenters. The first-order valence-corrected chi connectivity index (χ1v) is 8.84. The van der Waals surface area contributed by atoms with E-state index in [4.69, 9.17) is 4.74 Å². The highest BCUT2D eigenvalue weighted by atomic mass is 79.9. The van der Waals surface area contributed by atoms with Gasteiger partial charge in [-0.25, -0.2) is 0 Å². The lowest BCUT2D eigenvalue weighted by Crippen LogP contribution is -2.30. The van der Waals surface area contributed by atoms with Crippen molar-refractivity contribution in [2.75, 3.05) is 12.4 Å². The summed E-state index contributed by atoms with van der Waals surface area (Å²) in [6, 6.07) is 13.2. The molecule has 0 bridgehead atoms. The summed E-state index contributed by atoms with van der Waals surface area (Å²) in [5.74, 6) is 1.97. The summed E-state index contributed by atoms with van der Waals surface area (Å²) in [5.41, 5.74) is 5.23. The SMILES string of the molecule is COc1ccc(C)c2c1N[C@@H](c1ccc(Br)cc1)[C@@H]1CC=C[C@@H]21. The summed E-state index contributed by atoms with van der Waals surface area (Å²) in [4.78, 5) is 0. The summed E-state index contributed by atoms with van der Waals surface area (Å²) < 4.78 is 6.74. The van der Waals surface area contributed by atoms with Gasteiger partial charge in [-0.2, -0.15) is 0 Å². The minimum Gasteiger partial charge on any atom is -0.495 e. The largest absolute Gasteiger partial charge is 0.495 e. The van der Waals surface area contributed by atoms with E-state index in [0.29, 0.717) is 17.9 Å². The molecular formula is C20H20BrNO. The van der Waals surface area contributed by atoms with Gasteiger partial charge in [0.25, 0.3) is 0 Å². The molecule has 1 N–H and O–H groups in total. The van der Waals surface area contributed by atoms with Crippen LogP contribution in [0.25, 0.3) is 0 Å². The predicted octanol–water partition coefficient (Wildman–Crippen LogP) is 5.59. The lowest BCUT2D eigenvalue weighted by atomic mass is 9.75. The zero-order chi connectivity index (χ0) is 16.0. The molecule has 0 fully saturated rings. The van der Waals surface area contributed by atoms with Crippen LogP contribution in [0.3, 0.4) is 0 Å². The zero-order valence-corrected chi connectivity index (χ0v) is 14.9. The summed E-state index contributed by atoms with van der Waals surface area (Å²) in [6.45, 7) is 2.20. The number of ether oxygens (including phenoxy) is 1. The molecule has 0 unspecified atom stereocenters. The Kier molecular flexibility index (Phi) is 3.68. The van der Waals surface area contributed by atoms with Crippen molar-refractivity contribution in [2.45, 2.75) is 25.3 Å². The third kappa shape index (κ3) is 2.38. The molecule has 4 rings (SSSR count). The van der Waals surface area contributed by atoms with Gasteiger partial charge in [-0.3, -0.25) is 0 Å². The second-order valence-corrected chi connectivity index (χ2v) is 7.32. The third-order valence-electron chi connectivity index (χ3n) is 5.15. The number of hydrogen-bond acceptors (Lipinski definition) is 2. The Morgan fingerprint density at radius 2 is 1.91 bits per heavy atom. The Labute approximate surface area is 145 Å². The van der Waals surface area contributed by atoms with E-state index in [2.05, 4.69) is 76.7 Å². The van der Waals surface area contributed by atoms with E-state index in [1.54, 1.807) is 7.11 Å². The fourth-order valence-corrected chi connectivity index (χ4v) is 4.31. The number of benzene rings is 2. The molecule has 118 valence electrons. The van der Waals surface area contributed by atoms with Crippen molar-refractivity contribution in [2.24, 2.45) is 5.92 Å². The van der Waals surface area contributed by atoms with Gasteiger partial charge >= 0.3 is 0 Å². The van der Waals surface area contributed by atoms with Crippen LogP contribution in [0, 0.1) is 12.8 Å². The Hall–Kier alpha value is -1.74. The smallest absolute Gasteiger partial charge is 0.142 e. The molecular weight excluding hydrogens is 350 g/mol. The lowest BCUT2D eigenvalue weighted by molar-refractivity contribution is 0.396. The van der Waals surface area contributed by atoms with Crippen LogP contribution in [-0.4, -0.2) is 7.11 Å². The predicted molar refractivity (Wildman–Crippen MR) is 98.2 cm³/mol. The Morgan fingerprint density at radius 3 is 2.65 bits per heavy atom. The molecule has 0 aromatic heterocycles. The highest BCUT2D eigenvalue weighted by Gasteiger charge is 2.39. The molecule has 0 spiro atoms. The standard InChI is InChI=1S/C20H20BrNO/c1-12-6-11-17(23-2)20-18(12)15-4-3-5-16(15)19(22-20)13-7-9-14(21)10-8-13/h3-4,6-11,15-16,19,22H,5H2,1-2H3/t15-,16-,19+/m1/s1. The molecule has 1 aliphatic heterocycles. The molecule has 2 aromatic carbocycles. The Balaban J connectivity index is 1.84. The first-order valence-electron chi connectivity index (χ1n) is 8.05. The van der Waals surface area contributed by atoms with E-state index in [1.807, 2.05) is 0 Å². The first kappa shape index (κ1) is 14.8. The molecule has 0 radical (unpaired) electrons. The molecule has 0 amide bonds. The Morgan fingerprint density at radius 1 is 1.13 bits per heavy atom. The van der Waals surface area contributed by atoms with E-state index >= 15 is 0 Å². The summed E-state index contributed by atoms with van der Waals surface area (Å²) >= 11 is 3.53. The highest BCUT2D eigenvalue weighted by molar-refractivity contribution is 9.10. The van der Waals surface area contributed by atoms with E-state index in [0.717, 1.165) is 22.3 Å². The van der Waals surface area contributed by atoms with Gasteiger partial charge in [-0.15, -0.1) is 0 Å². The van der Waals surface area contributed by atoms with Gasteiger partial charge in [0.15, 0.2) is 0 Å². The van der Waals surface area contributed by atoms with Crippen molar-refractivity contribution in [3.8, 4) is 5.75 Å². The normalized spacial score (nSPS) is 24.7. The Bertz CT molecular complexity index is 766. The number of fused-ring (bicyclic) bond motifs is 3. The zero-order valence-electron chi connectivity index (χ0n) is 13.3. The number of anilines is 1. The lowest BCUT2D eigenvalue weighted by Gasteiger charge is -2.39. The maximum absolute atomic E-state index is 5.63. The summed E-state index contributed by atoms with van der Waals surface area (Å²) in [6.07, 6.45) is 5.83. The van der Waals surface area contributed by atoms with Crippen molar-refractivity contribution in [1.29, 1.82) is 0 Å². The van der Waals surface area contributed by atoms with Gasteiger partial charge in [0.05, 0.1) is 18.8 Å². The van der Waals surface area contributed by atoms with Crippen molar-refractivity contribution >= 4 is 21.6 Å². The minimum absolute atomic E-state index is 0.311. The van der Waals surface area contributed by atoms with Crippen LogP contribution in [0.5, 0.6) is 5.75 Å². The average molecular weight is 370 g/mol. The number of allylic oxidation sites excluding steroid dienone is 2. The van der Waals surface area contributed by atoms with Crippen molar-refractivity contribution in [1.82, 2.24) is 0 Å². The molecule has 0 saturated heterocycles. The number of nitrogens with one attached hydrogen (secondary N) is 1. The number of aryl methyl sites for hydroxylation is 1. The summed E-state index contributed by atoms with van der Waals surface area (Å²) in [7, 11) is 1.75. The molecule has 2 aliphatic rings. The van der Waals surface area contributed by atoms with Gasteiger partial charge in [-0.05, 0) is 54.2 Å². The monoisotopic (exact) mass is 369 g/mol. The van der Waals surface area contributed by atoms with E-state index < -0.39 is 0 Å². The number of halogens is 1. The van der Waals surface area contributed by atoms with E-state index in [-0.39, 0.29) is 0 Å². The van der Waals surface area contributed by atoms with Gasteiger partial charge < -0.3 is 10.1 Å².